The van der Waals surface area contributed by atoms with Crippen LogP contribution < -0.4 is 15.2 Å². The first-order valence-corrected chi connectivity index (χ1v) is 10.2. The molecule has 0 radical (unpaired) electrons. The lowest BCUT2D eigenvalue weighted by atomic mass is 10.2. The normalized spacial score (nSPS) is 16.4. The largest absolute Gasteiger partial charge is 0.344 e. The Morgan fingerprint density at radius 3 is 2.88 bits per heavy atom. The molecule has 1 aliphatic rings. The fourth-order valence-electron chi connectivity index (χ4n) is 2.94. The van der Waals surface area contributed by atoms with Crippen LogP contribution in [-0.4, -0.2) is 29.3 Å². The monoisotopic (exact) mass is 373 g/mol. The van der Waals surface area contributed by atoms with Crippen molar-refractivity contribution in [2.75, 3.05) is 17.6 Å². The van der Waals surface area contributed by atoms with Crippen LogP contribution >= 0.6 is 23.1 Å². The zero-order valence-electron chi connectivity index (χ0n) is 15.0. The molecule has 1 aromatic carbocycles. The summed E-state index contributed by atoms with van der Waals surface area (Å²) in [5, 5.41) is 5.30. The van der Waals surface area contributed by atoms with Gasteiger partial charge in [0.15, 0.2) is 0 Å². The van der Waals surface area contributed by atoms with Crippen molar-refractivity contribution >= 4 is 39.7 Å². The molecule has 0 bridgehead atoms. The summed E-state index contributed by atoms with van der Waals surface area (Å²) in [6, 6.07) is 10.1. The van der Waals surface area contributed by atoms with Gasteiger partial charge >= 0.3 is 0 Å². The van der Waals surface area contributed by atoms with Crippen molar-refractivity contribution < 1.29 is 4.79 Å². The molecule has 132 valence electrons. The van der Waals surface area contributed by atoms with Gasteiger partial charge in [0.25, 0.3) is 0 Å². The van der Waals surface area contributed by atoms with Gasteiger partial charge in [-0.25, -0.2) is 4.99 Å². The molecule has 2 aromatic rings. The predicted molar refractivity (Wildman–Crippen MR) is 107 cm³/mol. The van der Waals surface area contributed by atoms with Crippen molar-refractivity contribution in [1.82, 2.24) is 4.90 Å². The molecule has 4 nitrogen and oxygen atoms in total. The average molecular weight is 374 g/mol. The molecule has 6 heteroatoms. The van der Waals surface area contributed by atoms with E-state index in [1.165, 1.54) is 4.88 Å². The maximum absolute atomic E-state index is 12.4. The van der Waals surface area contributed by atoms with Gasteiger partial charge in [0, 0.05) is 22.3 Å². The lowest BCUT2D eigenvalue weighted by Gasteiger charge is -2.31. The molecule has 25 heavy (non-hydrogen) atoms. The first kappa shape index (κ1) is 18.0. The number of anilines is 1. The number of hydrogen-bond acceptors (Lipinski definition) is 5. The van der Waals surface area contributed by atoms with E-state index < -0.39 is 0 Å². The summed E-state index contributed by atoms with van der Waals surface area (Å²) in [4.78, 5) is 20.7. The minimum absolute atomic E-state index is 0.0165. The highest BCUT2D eigenvalue weighted by atomic mass is 32.2. The number of carbonyl (C=O) groups is 1. The Labute approximate surface area is 156 Å². The van der Waals surface area contributed by atoms with Crippen LogP contribution in [0.15, 0.2) is 35.3 Å². The minimum Gasteiger partial charge on any atom is -0.344 e. The molecule has 3 rings (SSSR count). The average Bonchev–Trinajstić information content (AvgIpc) is 2.92. The molecule has 1 N–H and O–H groups in total. The number of fused-ring (bicyclic) bond motifs is 1. The van der Waals surface area contributed by atoms with Gasteiger partial charge in [-0.05, 0) is 51.5 Å². The van der Waals surface area contributed by atoms with Gasteiger partial charge in [-0.3, -0.25) is 4.79 Å². The topological polar surface area (TPSA) is 44.7 Å². The number of rotatable bonds is 5. The maximum Gasteiger partial charge on any atom is 0.234 e. The van der Waals surface area contributed by atoms with E-state index in [-0.39, 0.29) is 12.1 Å². The summed E-state index contributed by atoms with van der Waals surface area (Å²) >= 11 is 3.32. The second-order valence-electron chi connectivity index (χ2n) is 6.13. The van der Waals surface area contributed by atoms with E-state index in [2.05, 4.69) is 37.1 Å². The Bertz CT molecular complexity index is 904. The van der Waals surface area contributed by atoms with Crippen LogP contribution in [0.1, 0.15) is 24.3 Å². The van der Waals surface area contributed by atoms with Crippen molar-refractivity contribution in [3.63, 3.8) is 0 Å². The lowest BCUT2D eigenvalue weighted by molar-refractivity contribution is -0.113. The second kappa shape index (κ2) is 7.62. The quantitative estimate of drug-likeness (QED) is 0.876. The van der Waals surface area contributed by atoms with E-state index in [1.54, 1.807) is 23.1 Å². The third-order valence-electron chi connectivity index (χ3n) is 4.06. The zero-order chi connectivity index (χ0) is 18.0. The summed E-state index contributed by atoms with van der Waals surface area (Å²) in [5.41, 5.74) is 1.99. The predicted octanol–water partition coefficient (Wildman–Crippen LogP) is 3.10. The number of thiophene rings is 1. The second-order valence-corrected chi connectivity index (χ2v) is 8.33. The number of amides is 1. The van der Waals surface area contributed by atoms with Crippen molar-refractivity contribution in [3.05, 3.63) is 50.7 Å². The van der Waals surface area contributed by atoms with Crippen molar-refractivity contribution in [1.29, 1.82) is 0 Å². The minimum atomic E-state index is 0.0165. The van der Waals surface area contributed by atoms with Gasteiger partial charge in [0.2, 0.25) is 5.91 Å². The van der Waals surface area contributed by atoms with Gasteiger partial charge in [-0.15, -0.1) is 11.3 Å². The van der Waals surface area contributed by atoms with Crippen molar-refractivity contribution in [2.45, 2.75) is 33.9 Å². The number of hydrogen-bond donors (Lipinski definition) is 1. The Morgan fingerprint density at radius 1 is 1.36 bits per heavy atom. The standard InChI is InChI=1S/C19H23N3OS2/c1-5-22-14(4)20-18-16(10-13(3)25-18)19(22)24-11-17(23)21-15-8-6-7-12(2)9-15/h6-10,14H,5,11H2,1-4H3,(H,21,23)/t14-/m1/s1. The molecule has 2 heterocycles. The van der Waals surface area contributed by atoms with Gasteiger partial charge in [0.1, 0.15) is 10.8 Å². The van der Waals surface area contributed by atoms with Gasteiger partial charge in [0.05, 0.1) is 10.8 Å². The fourth-order valence-corrected chi connectivity index (χ4v) is 5.05. The lowest BCUT2D eigenvalue weighted by Crippen LogP contribution is -2.42. The van der Waals surface area contributed by atoms with Crippen molar-refractivity contribution in [3.8, 4) is 0 Å². The number of carbonyl (C=O) groups excluding carboxylic acids is 1. The van der Waals surface area contributed by atoms with Crippen molar-refractivity contribution in [2.24, 2.45) is 4.99 Å². The van der Waals surface area contributed by atoms with Crippen LogP contribution in [0.25, 0.3) is 5.03 Å². The molecular weight excluding hydrogens is 350 g/mol. The van der Waals surface area contributed by atoms with Crippen LogP contribution in [0.4, 0.5) is 5.69 Å². The van der Waals surface area contributed by atoms with E-state index in [0.717, 1.165) is 32.7 Å². The molecular formula is C19H23N3OS2. The summed E-state index contributed by atoms with van der Waals surface area (Å²) in [5.74, 6) is 0.406. The summed E-state index contributed by atoms with van der Waals surface area (Å²) < 4.78 is 1.08. The van der Waals surface area contributed by atoms with Crippen LogP contribution in [0.3, 0.4) is 0 Å². The molecule has 1 aromatic heterocycles. The number of nitrogens with zero attached hydrogens (tertiary/aromatic N) is 2. The highest BCUT2D eigenvalue weighted by Gasteiger charge is 2.21. The zero-order valence-corrected chi connectivity index (χ0v) is 16.6. The Hall–Kier alpha value is -1.79. The Morgan fingerprint density at radius 2 is 2.16 bits per heavy atom. The van der Waals surface area contributed by atoms with Crippen LogP contribution in [0.2, 0.25) is 0 Å². The smallest absolute Gasteiger partial charge is 0.234 e. The van der Waals surface area contributed by atoms with Crippen LogP contribution in [0.5, 0.6) is 0 Å². The third kappa shape index (κ3) is 4.07. The molecule has 1 aliphatic heterocycles. The Kier molecular flexibility index (Phi) is 5.49. The maximum atomic E-state index is 12.4. The number of thioether (sulfide) groups is 1. The highest BCUT2D eigenvalue weighted by Crippen LogP contribution is 2.25. The molecule has 0 unspecified atom stereocenters. The van der Waals surface area contributed by atoms with Gasteiger partial charge < -0.3 is 10.2 Å². The summed E-state index contributed by atoms with van der Waals surface area (Å²) in [6.07, 6.45) is 0.109. The fraction of sp³-hybridized carbons (Fsp3) is 0.368. The van der Waals surface area contributed by atoms with E-state index in [1.807, 2.05) is 31.2 Å². The first-order chi connectivity index (χ1) is 12.0. The van der Waals surface area contributed by atoms with Gasteiger partial charge in [-0.2, -0.15) is 0 Å². The summed E-state index contributed by atoms with van der Waals surface area (Å²) in [6.45, 7) is 9.23. The highest BCUT2D eigenvalue weighted by molar-refractivity contribution is 8.08. The molecule has 1 atom stereocenters. The molecule has 0 saturated heterocycles. The molecule has 0 fully saturated rings. The third-order valence-corrected chi connectivity index (χ3v) is 6.16. The molecule has 1 amide bonds. The summed E-state index contributed by atoms with van der Waals surface area (Å²) in [7, 11) is 0. The molecule has 0 aliphatic carbocycles. The number of nitrogens with one attached hydrogen (secondary N) is 1. The SMILES string of the molecule is CCN1C(SCC(=O)Nc2cccc(C)c2)=c2cc(C)sc2=N[C@H]1C. The van der Waals surface area contributed by atoms with E-state index in [0.29, 0.717) is 5.75 Å². The van der Waals surface area contributed by atoms with Crippen LogP contribution in [0, 0.1) is 13.8 Å². The van der Waals surface area contributed by atoms with E-state index >= 15 is 0 Å². The number of benzene rings is 1. The number of aryl methyl sites for hydroxylation is 2. The van der Waals surface area contributed by atoms with E-state index in [9.17, 15) is 4.79 Å². The van der Waals surface area contributed by atoms with E-state index in [4.69, 9.17) is 4.99 Å². The molecule has 0 saturated carbocycles. The molecule has 0 spiro atoms. The Balaban J connectivity index is 1.78. The van der Waals surface area contributed by atoms with Crippen LogP contribution in [-0.2, 0) is 4.79 Å². The first-order valence-electron chi connectivity index (χ1n) is 8.42. The van der Waals surface area contributed by atoms with Gasteiger partial charge in [-0.1, -0.05) is 23.9 Å².